The lowest BCUT2D eigenvalue weighted by Gasteiger charge is -2.30. The number of urea groups is 1. The van der Waals surface area contributed by atoms with Gasteiger partial charge in [0, 0.05) is 44.8 Å². The molecule has 0 radical (unpaired) electrons. The van der Waals surface area contributed by atoms with E-state index in [0.29, 0.717) is 30.2 Å². The normalized spacial score (nSPS) is 15.9. The van der Waals surface area contributed by atoms with Crippen LogP contribution in [0.1, 0.15) is 26.1 Å². The van der Waals surface area contributed by atoms with E-state index in [1.165, 1.54) is 0 Å². The highest BCUT2D eigenvalue weighted by Crippen LogP contribution is 2.35. The third-order valence-electron chi connectivity index (χ3n) is 4.59. The summed E-state index contributed by atoms with van der Waals surface area (Å²) in [6, 6.07) is 5.09. The Kier molecular flexibility index (Phi) is 5.34. The van der Waals surface area contributed by atoms with Crippen LogP contribution in [0.5, 0.6) is 5.75 Å². The molecule has 1 atom stereocenters. The first kappa shape index (κ1) is 18.8. The van der Waals surface area contributed by atoms with Crippen LogP contribution in [-0.4, -0.2) is 46.1 Å². The topological polar surface area (TPSA) is 79.7 Å². The van der Waals surface area contributed by atoms with Crippen LogP contribution in [0.25, 0.3) is 0 Å². The lowest BCUT2D eigenvalue weighted by atomic mass is 10.2. The number of imidazole rings is 1. The van der Waals surface area contributed by atoms with Crippen molar-refractivity contribution in [3.8, 4) is 5.75 Å². The number of amides is 3. The third kappa shape index (κ3) is 3.89. The minimum atomic E-state index is -0.548. The summed E-state index contributed by atoms with van der Waals surface area (Å²) < 4.78 is 7.58. The van der Waals surface area contributed by atoms with Gasteiger partial charge in [-0.15, -0.1) is 0 Å². The van der Waals surface area contributed by atoms with Crippen LogP contribution < -0.4 is 15.0 Å². The van der Waals surface area contributed by atoms with Crippen LogP contribution in [0.2, 0.25) is 0 Å². The zero-order valence-electron chi connectivity index (χ0n) is 16.1. The number of nitrogens with one attached hydrogen (secondary N) is 1. The molecule has 3 amide bonds. The van der Waals surface area contributed by atoms with Crippen molar-refractivity contribution in [3.63, 3.8) is 0 Å². The molecule has 144 valence electrons. The van der Waals surface area contributed by atoms with E-state index in [1.54, 1.807) is 48.2 Å². The number of aromatic nitrogens is 2. The number of carbonyl (C=O) groups excluding carboxylic acids is 2. The van der Waals surface area contributed by atoms with E-state index in [9.17, 15) is 9.59 Å². The van der Waals surface area contributed by atoms with E-state index in [4.69, 9.17) is 4.74 Å². The van der Waals surface area contributed by atoms with Gasteiger partial charge in [-0.2, -0.15) is 0 Å². The summed E-state index contributed by atoms with van der Waals surface area (Å²) in [6.07, 6.45) is 3.87. The monoisotopic (exact) mass is 371 g/mol. The maximum absolute atomic E-state index is 12.8. The van der Waals surface area contributed by atoms with Crippen LogP contribution in [0.3, 0.4) is 0 Å². The number of anilines is 2. The van der Waals surface area contributed by atoms with Crippen LogP contribution >= 0.6 is 0 Å². The van der Waals surface area contributed by atoms with Crippen molar-refractivity contribution < 1.29 is 14.3 Å². The second-order valence-electron chi connectivity index (χ2n) is 6.65. The van der Waals surface area contributed by atoms with Crippen molar-refractivity contribution in [2.24, 2.45) is 7.05 Å². The van der Waals surface area contributed by atoms with E-state index < -0.39 is 6.10 Å². The molecule has 1 aliphatic heterocycles. The molecule has 1 aromatic carbocycles. The maximum Gasteiger partial charge on any atom is 0.322 e. The number of benzene rings is 1. The Balaban J connectivity index is 1.75. The van der Waals surface area contributed by atoms with Gasteiger partial charge in [0.2, 0.25) is 0 Å². The molecule has 0 saturated carbocycles. The number of fused-ring (bicyclic) bond motifs is 1. The number of carbonyl (C=O) groups is 2. The zero-order chi connectivity index (χ0) is 19.6. The second-order valence-corrected chi connectivity index (χ2v) is 6.65. The van der Waals surface area contributed by atoms with Crippen molar-refractivity contribution in [1.29, 1.82) is 0 Å². The second kappa shape index (κ2) is 7.69. The fourth-order valence-electron chi connectivity index (χ4n) is 3.04. The van der Waals surface area contributed by atoms with Gasteiger partial charge in [-0.1, -0.05) is 6.92 Å². The van der Waals surface area contributed by atoms with Crippen LogP contribution in [0.15, 0.2) is 30.6 Å². The van der Waals surface area contributed by atoms with Gasteiger partial charge in [0.25, 0.3) is 5.91 Å². The standard InChI is InChI=1S/C19H25N5O3/c1-5-9-24(12-17-20-8-10-22(17)3)19(26)21-14-6-7-15-16(11-14)27-13(2)18(25)23(15)4/h6-8,10-11,13H,5,9,12H2,1-4H3,(H,21,26). The lowest BCUT2D eigenvalue weighted by Crippen LogP contribution is -2.42. The van der Waals surface area contributed by atoms with Crippen molar-refractivity contribution in [2.75, 3.05) is 23.8 Å². The van der Waals surface area contributed by atoms with E-state index in [2.05, 4.69) is 10.3 Å². The number of aryl methyl sites for hydroxylation is 1. The van der Waals surface area contributed by atoms with Crippen LogP contribution in [-0.2, 0) is 18.4 Å². The van der Waals surface area contributed by atoms with Crippen molar-refractivity contribution >= 4 is 23.3 Å². The number of nitrogens with zero attached hydrogens (tertiary/aromatic N) is 4. The molecule has 0 saturated heterocycles. The fraction of sp³-hybridized carbons (Fsp3) is 0.421. The molecule has 27 heavy (non-hydrogen) atoms. The molecule has 1 aromatic heterocycles. The van der Waals surface area contributed by atoms with Gasteiger partial charge in [-0.25, -0.2) is 9.78 Å². The summed E-state index contributed by atoms with van der Waals surface area (Å²) in [5, 5.41) is 2.92. The molecule has 2 aromatic rings. The van der Waals surface area contributed by atoms with Crippen molar-refractivity contribution in [3.05, 3.63) is 36.4 Å². The Morgan fingerprint density at radius 3 is 2.81 bits per heavy atom. The Hall–Kier alpha value is -3.03. The third-order valence-corrected chi connectivity index (χ3v) is 4.59. The molecule has 8 nitrogen and oxygen atoms in total. The first-order valence-electron chi connectivity index (χ1n) is 9.01. The van der Waals surface area contributed by atoms with Crippen molar-refractivity contribution in [1.82, 2.24) is 14.5 Å². The number of likely N-dealkylation sites (N-methyl/N-ethyl adjacent to an activating group) is 1. The molecular weight excluding hydrogens is 346 g/mol. The first-order chi connectivity index (χ1) is 12.9. The van der Waals surface area contributed by atoms with Crippen molar-refractivity contribution in [2.45, 2.75) is 32.9 Å². The van der Waals surface area contributed by atoms with Gasteiger partial charge >= 0.3 is 6.03 Å². The van der Waals surface area contributed by atoms with Gasteiger partial charge < -0.3 is 24.4 Å². The molecule has 0 spiro atoms. The molecule has 1 aliphatic rings. The van der Waals surface area contributed by atoms with E-state index in [0.717, 1.165) is 12.2 Å². The quantitative estimate of drug-likeness (QED) is 0.876. The molecule has 3 rings (SSSR count). The summed E-state index contributed by atoms with van der Waals surface area (Å²) >= 11 is 0. The average molecular weight is 371 g/mol. The highest BCUT2D eigenvalue weighted by atomic mass is 16.5. The molecular formula is C19H25N5O3. The summed E-state index contributed by atoms with van der Waals surface area (Å²) in [5.74, 6) is 1.30. The fourth-order valence-corrected chi connectivity index (χ4v) is 3.04. The van der Waals surface area contributed by atoms with Gasteiger partial charge in [0.05, 0.1) is 12.2 Å². The predicted octanol–water partition coefficient (Wildman–Crippen LogP) is 2.61. The van der Waals surface area contributed by atoms with Gasteiger partial charge in [-0.3, -0.25) is 4.79 Å². The lowest BCUT2D eigenvalue weighted by molar-refractivity contribution is -0.125. The highest BCUT2D eigenvalue weighted by molar-refractivity contribution is 6.00. The van der Waals surface area contributed by atoms with E-state index in [1.807, 2.05) is 24.7 Å². The zero-order valence-corrected chi connectivity index (χ0v) is 16.1. The Bertz CT molecular complexity index is 848. The highest BCUT2D eigenvalue weighted by Gasteiger charge is 2.29. The summed E-state index contributed by atoms with van der Waals surface area (Å²) in [4.78, 5) is 32.4. The number of hydrogen-bond donors (Lipinski definition) is 1. The van der Waals surface area contributed by atoms with Gasteiger partial charge in [-0.05, 0) is 25.5 Å². The number of rotatable bonds is 5. The first-order valence-corrected chi connectivity index (χ1v) is 9.01. The molecule has 0 fully saturated rings. The number of ether oxygens (including phenoxy) is 1. The Morgan fingerprint density at radius 2 is 2.15 bits per heavy atom. The molecule has 1 N–H and O–H groups in total. The van der Waals surface area contributed by atoms with Gasteiger partial charge in [0.15, 0.2) is 6.10 Å². The van der Waals surface area contributed by atoms with Gasteiger partial charge in [0.1, 0.15) is 11.6 Å². The van der Waals surface area contributed by atoms with E-state index in [-0.39, 0.29) is 11.9 Å². The average Bonchev–Trinajstić information content (AvgIpc) is 3.04. The van der Waals surface area contributed by atoms with Crippen LogP contribution in [0, 0.1) is 0 Å². The maximum atomic E-state index is 12.8. The predicted molar refractivity (Wildman–Crippen MR) is 103 cm³/mol. The number of hydrogen-bond acceptors (Lipinski definition) is 4. The summed E-state index contributed by atoms with van der Waals surface area (Å²) in [6.45, 7) is 4.79. The molecule has 1 unspecified atom stereocenters. The molecule has 0 bridgehead atoms. The molecule has 0 aliphatic carbocycles. The van der Waals surface area contributed by atoms with E-state index >= 15 is 0 Å². The minimum Gasteiger partial charge on any atom is -0.479 e. The minimum absolute atomic E-state index is 0.0940. The Morgan fingerprint density at radius 1 is 1.37 bits per heavy atom. The SMILES string of the molecule is CCCN(Cc1nccn1C)C(=O)Nc1ccc2c(c1)OC(C)C(=O)N2C. The largest absolute Gasteiger partial charge is 0.479 e. The smallest absolute Gasteiger partial charge is 0.322 e. The Labute approximate surface area is 158 Å². The van der Waals surface area contributed by atoms with Crippen LogP contribution in [0.4, 0.5) is 16.2 Å². The summed E-state index contributed by atoms with van der Waals surface area (Å²) in [7, 11) is 3.62. The molecule has 2 heterocycles. The molecule has 8 heteroatoms. The summed E-state index contributed by atoms with van der Waals surface area (Å²) in [5.41, 5.74) is 1.31.